The highest BCUT2D eigenvalue weighted by Crippen LogP contribution is 2.12. The molecule has 0 aliphatic heterocycles. The molecule has 0 spiro atoms. The maximum atomic E-state index is 12.2. The van der Waals surface area contributed by atoms with Crippen LogP contribution in [0.25, 0.3) is 0 Å². The molecule has 6 heteroatoms. The summed E-state index contributed by atoms with van der Waals surface area (Å²) in [6, 6.07) is -0.910. The van der Waals surface area contributed by atoms with Crippen LogP contribution in [-0.2, 0) is 19.1 Å². The number of ether oxygens (including phenoxy) is 1. The molecule has 146 valence electrons. The van der Waals surface area contributed by atoms with Gasteiger partial charge in [-0.25, -0.2) is 4.79 Å². The molecular weight excluding hydrogens is 322 g/mol. The number of carboxylic acids is 1. The molecule has 0 saturated heterocycles. The minimum Gasteiger partial charge on any atom is -0.481 e. The first-order valence-corrected chi connectivity index (χ1v) is 9.39. The van der Waals surface area contributed by atoms with E-state index in [9.17, 15) is 14.4 Å². The number of carboxylic acid groups (broad SMARTS) is 1. The summed E-state index contributed by atoms with van der Waals surface area (Å²) in [6.07, 6.45) is 7.96. The average molecular weight is 357 g/mol. The van der Waals surface area contributed by atoms with Gasteiger partial charge in [0.1, 0.15) is 11.6 Å². The molecule has 0 aliphatic rings. The number of nitrogens with one attached hydrogen (secondary N) is 1. The van der Waals surface area contributed by atoms with Crippen LogP contribution < -0.4 is 5.32 Å². The van der Waals surface area contributed by atoms with Crippen LogP contribution in [0.4, 0.5) is 0 Å². The van der Waals surface area contributed by atoms with Crippen molar-refractivity contribution >= 4 is 17.8 Å². The maximum Gasteiger partial charge on any atom is 0.329 e. The van der Waals surface area contributed by atoms with Crippen molar-refractivity contribution in [2.24, 2.45) is 0 Å². The first-order valence-electron chi connectivity index (χ1n) is 9.39. The Morgan fingerprint density at radius 1 is 0.960 bits per heavy atom. The summed E-state index contributed by atoms with van der Waals surface area (Å²) in [5, 5.41) is 11.4. The summed E-state index contributed by atoms with van der Waals surface area (Å²) in [6.45, 7) is 7.38. The Balaban J connectivity index is 4.27. The topological polar surface area (TPSA) is 92.7 Å². The second kappa shape index (κ2) is 12.7. The Morgan fingerprint density at radius 2 is 1.52 bits per heavy atom. The number of rotatable bonds is 13. The SMILES string of the molecule is CCCCCCCCCC(=O)N[C@@H](CCC(=O)O)C(=O)OC(C)(C)C. The minimum atomic E-state index is -1.00. The van der Waals surface area contributed by atoms with Crippen LogP contribution >= 0.6 is 0 Å². The molecule has 1 amide bonds. The van der Waals surface area contributed by atoms with Gasteiger partial charge in [-0.1, -0.05) is 45.4 Å². The Kier molecular flexibility index (Phi) is 11.9. The fourth-order valence-electron chi connectivity index (χ4n) is 2.40. The lowest BCUT2D eigenvalue weighted by molar-refractivity contribution is -0.159. The lowest BCUT2D eigenvalue weighted by Gasteiger charge is -2.24. The second-order valence-electron chi connectivity index (χ2n) is 7.46. The molecule has 0 unspecified atom stereocenters. The molecule has 0 aliphatic carbocycles. The summed E-state index contributed by atoms with van der Waals surface area (Å²) < 4.78 is 5.27. The lowest BCUT2D eigenvalue weighted by atomic mass is 10.1. The Hall–Kier alpha value is -1.59. The molecule has 0 aromatic rings. The molecule has 6 nitrogen and oxygen atoms in total. The molecule has 0 fully saturated rings. The number of amides is 1. The van der Waals surface area contributed by atoms with Crippen LogP contribution in [0.3, 0.4) is 0 Å². The van der Waals surface area contributed by atoms with Crippen LogP contribution in [0.1, 0.15) is 91.9 Å². The molecule has 2 N–H and O–H groups in total. The normalized spacial score (nSPS) is 12.5. The summed E-state index contributed by atoms with van der Waals surface area (Å²) in [4.78, 5) is 34.9. The number of unbranched alkanes of at least 4 members (excludes halogenated alkanes) is 6. The van der Waals surface area contributed by atoms with Crippen molar-refractivity contribution in [2.45, 2.75) is 104 Å². The second-order valence-corrected chi connectivity index (χ2v) is 7.46. The van der Waals surface area contributed by atoms with Crippen LogP contribution in [0.15, 0.2) is 0 Å². The summed E-state index contributed by atoms with van der Waals surface area (Å²) >= 11 is 0. The van der Waals surface area contributed by atoms with Gasteiger partial charge in [0.05, 0.1) is 0 Å². The van der Waals surface area contributed by atoms with Gasteiger partial charge in [0.15, 0.2) is 0 Å². The molecule has 0 aromatic heterocycles. The van der Waals surface area contributed by atoms with Gasteiger partial charge in [-0.05, 0) is 33.6 Å². The molecular formula is C19H35NO5. The van der Waals surface area contributed by atoms with E-state index in [1.807, 2.05) is 0 Å². The summed E-state index contributed by atoms with van der Waals surface area (Å²) in [5.74, 6) is -1.81. The molecule has 25 heavy (non-hydrogen) atoms. The minimum absolute atomic E-state index is 0.0347. The van der Waals surface area contributed by atoms with Crippen molar-refractivity contribution in [1.82, 2.24) is 5.32 Å². The molecule has 0 rings (SSSR count). The maximum absolute atomic E-state index is 12.2. The van der Waals surface area contributed by atoms with E-state index in [1.165, 1.54) is 25.7 Å². The van der Waals surface area contributed by atoms with E-state index < -0.39 is 23.6 Å². The smallest absolute Gasteiger partial charge is 0.329 e. The van der Waals surface area contributed by atoms with Crippen LogP contribution in [0.5, 0.6) is 0 Å². The number of hydrogen-bond acceptors (Lipinski definition) is 4. The van der Waals surface area contributed by atoms with E-state index in [1.54, 1.807) is 20.8 Å². The van der Waals surface area contributed by atoms with E-state index in [0.717, 1.165) is 19.3 Å². The van der Waals surface area contributed by atoms with Gasteiger partial charge in [-0.15, -0.1) is 0 Å². The summed E-state index contributed by atoms with van der Waals surface area (Å²) in [5.41, 5.74) is -0.679. The zero-order valence-electron chi connectivity index (χ0n) is 16.2. The fraction of sp³-hybridized carbons (Fsp3) is 0.842. The monoisotopic (exact) mass is 357 g/mol. The van der Waals surface area contributed by atoms with Gasteiger partial charge < -0.3 is 15.2 Å². The Labute approximate surface area is 151 Å². The van der Waals surface area contributed by atoms with Gasteiger partial charge in [0.2, 0.25) is 5.91 Å². The van der Waals surface area contributed by atoms with Crippen LogP contribution in [-0.4, -0.2) is 34.6 Å². The van der Waals surface area contributed by atoms with Crippen LogP contribution in [0, 0.1) is 0 Å². The molecule has 1 atom stereocenters. The Bertz CT molecular complexity index is 415. The van der Waals surface area contributed by atoms with Crippen molar-refractivity contribution < 1.29 is 24.2 Å². The molecule has 0 saturated carbocycles. The average Bonchev–Trinajstić information content (AvgIpc) is 2.48. The zero-order valence-corrected chi connectivity index (χ0v) is 16.2. The predicted octanol–water partition coefficient (Wildman–Crippen LogP) is 3.82. The van der Waals surface area contributed by atoms with Gasteiger partial charge >= 0.3 is 11.9 Å². The standard InChI is InChI=1S/C19H35NO5/c1-5-6-7-8-9-10-11-12-16(21)20-15(13-14-17(22)23)18(24)25-19(2,3)4/h15H,5-14H2,1-4H3,(H,20,21)(H,22,23)/t15-/m0/s1. The van der Waals surface area contributed by atoms with Crippen molar-refractivity contribution in [2.75, 3.05) is 0 Å². The quantitative estimate of drug-likeness (QED) is 0.386. The number of aliphatic carboxylic acids is 1. The number of carbonyl (C=O) groups is 3. The predicted molar refractivity (Wildman–Crippen MR) is 97.3 cm³/mol. The van der Waals surface area contributed by atoms with E-state index in [0.29, 0.717) is 6.42 Å². The Morgan fingerprint density at radius 3 is 2.04 bits per heavy atom. The van der Waals surface area contributed by atoms with Gasteiger partial charge in [0, 0.05) is 12.8 Å². The van der Waals surface area contributed by atoms with E-state index in [4.69, 9.17) is 9.84 Å². The van der Waals surface area contributed by atoms with Crippen LogP contribution in [0.2, 0.25) is 0 Å². The highest BCUT2D eigenvalue weighted by Gasteiger charge is 2.27. The third-order valence-electron chi connectivity index (χ3n) is 3.68. The molecule has 0 bridgehead atoms. The molecule has 0 radical (unpaired) electrons. The third kappa shape index (κ3) is 14.5. The highest BCUT2D eigenvalue weighted by atomic mass is 16.6. The van der Waals surface area contributed by atoms with E-state index >= 15 is 0 Å². The molecule has 0 heterocycles. The first-order chi connectivity index (χ1) is 11.7. The zero-order chi connectivity index (χ0) is 19.3. The summed E-state index contributed by atoms with van der Waals surface area (Å²) in [7, 11) is 0. The van der Waals surface area contributed by atoms with Gasteiger partial charge in [-0.3, -0.25) is 9.59 Å². The number of esters is 1. The van der Waals surface area contributed by atoms with Crippen molar-refractivity contribution in [3.05, 3.63) is 0 Å². The largest absolute Gasteiger partial charge is 0.481 e. The van der Waals surface area contributed by atoms with Gasteiger partial charge in [-0.2, -0.15) is 0 Å². The van der Waals surface area contributed by atoms with Crippen molar-refractivity contribution in [1.29, 1.82) is 0 Å². The third-order valence-corrected chi connectivity index (χ3v) is 3.68. The fourth-order valence-corrected chi connectivity index (χ4v) is 2.40. The number of carbonyl (C=O) groups excluding carboxylic acids is 2. The van der Waals surface area contributed by atoms with E-state index in [-0.39, 0.29) is 18.7 Å². The highest BCUT2D eigenvalue weighted by molar-refractivity contribution is 5.85. The van der Waals surface area contributed by atoms with Crippen molar-refractivity contribution in [3.63, 3.8) is 0 Å². The lowest BCUT2D eigenvalue weighted by Crippen LogP contribution is -2.44. The van der Waals surface area contributed by atoms with Gasteiger partial charge in [0.25, 0.3) is 0 Å². The number of hydrogen-bond donors (Lipinski definition) is 2. The van der Waals surface area contributed by atoms with Crippen molar-refractivity contribution in [3.8, 4) is 0 Å². The first kappa shape index (κ1) is 23.4. The molecule has 0 aromatic carbocycles. The van der Waals surface area contributed by atoms with E-state index in [2.05, 4.69) is 12.2 Å².